The van der Waals surface area contributed by atoms with Crippen molar-refractivity contribution in [2.75, 3.05) is 0 Å². The number of esters is 1. The molecule has 1 heterocycles. The molecule has 3 rings (SSSR count). The van der Waals surface area contributed by atoms with Gasteiger partial charge >= 0.3 is 12.1 Å². The van der Waals surface area contributed by atoms with Gasteiger partial charge in [0.1, 0.15) is 11.3 Å². The van der Waals surface area contributed by atoms with Crippen LogP contribution in [0.4, 0.5) is 13.2 Å². The topological polar surface area (TPSA) is 61.2 Å². The number of alkyl halides is 3. The first-order valence-corrected chi connectivity index (χ1v) is 8.85. The van der Waals surface area contributed by atoms with Crippen LogP contribution in [-0.4, -0.2) is 21.5 Å². The third-order valence-corrected chi connectivity index (χ3v) is 4.75. The predicted octanol–water partition coefficient (Wildman–Crippen LogP) is 4.70. The lowest BCUT2D eigenvalue weighted by molar-refractivity contribution is -0.138. The Morgan fingerprint density at radius 2 is 1.86 bits per heavy atom. The van der Waals surface area contributed by atoms with Gasteiger partial charge < -0.3 is 4.74 Å². The standard InChI is InChI=1S/C20H19F3N2O3/c1-12(14-7-4-3-5-8-14)25-18(16(11-24-25)20(21,22)23)19(27)28-17-10-6-9-15(17)13(2)26/h3-5,7-8,11-12H,6,9-10H2,1-2H3/t12-/m1/s1. The Kier molecular flexibility index (Phi) is 5.40. The van der Waals surface area contributed by atoms with Crippen molar-refractivity contribution in [3.05, 3.63) is 64.7 Å². The first-order valence-electron chi connectivity index (χ1n) is 8.85. The molecule has 0 unspecified atom stereocenters. The number of ketones is 1. The second-order valence-electron chi connectivity index (χ2n) is 6.64. The van der Waals surface area contributed by atoms with E-state index in [-0.39, 0.29) is 11.5 Å². The molecule has 0 saturated heterocycles. The van der Waals surface area contributed by atoms with Crippen LogP contribution in [0.3, 0.4) is 0 Å². The van der Waals surface area contributed by atoms with E-state index in [1.807, 2.05) is 0 Å². The average molecular weight is 392 g/mol. The lowest BCUT2D eigenvalue weighted by Gasteiger charge is -2.17. The summed E-state index contributed by atoms with van der Waals surface area (Å²) < 4.78 is 46.7. The summed E-state index contributed by atoms with van der Waals surface area (Å²) in [6.07, 6.45) is -2.74. The Morgan fingerprint density at radius 1 is 1.18 bits per heavy atom. The van der Waals surface area contributed by atoms with E-state index in [9.17, 15) is 22.8 Å². The number of benzene rings is 1. The highest BCUT2D eigenvalue weighted by molar-refractivity contribution is 5.96. The normalized spacial score (nSPS) is 15.6. The molecule has 2 aromatic rings. The SMILES string of the molecule is CC(=O)C1=C(OC(=O)c2c(C(F)(F)F)cnn2[C@H](C)c2ccccc2)CCC1. The van der Waals surface area contributed by atoms with Gasteiger partial charge in [-0.15, -0.1) is 0 Å². The molecule has 0 radical (unpaired) electrons. The van der Waals surface area contributed by atoms with E-state index in [1.165, 1.54) is 6.92 Å². The minimum atomic E-state index is -4.77. The number of halogens is 3. The summed E-state index contributed by atoms with van der Waals surface area (Å²) >= 11 is 0. The van der Waals surface area contributed by atoms with Gasteiger partial charge in [-0.05, 0) is 32.3 Å². The molecule has 1 aliphatic carbocycles. The highest BCUT2D eigenvalue weighted by atomic mass is 19.4. The zero-order valence-electron chi connectivity index (χ0n) is 15.4. The molecule has 28 heavy (non-hydrogen) atoms. The molecule has 148 valence electrons. The number of rotatable bonds is 5. The Morgan fingerprint density at radius 3 is 2.46 bits per heavy atom. The van der Waals surface area contributed by atoms with Crippen LogP contribution < -0.4 is 0 Å². The Bertz CT molecular complexity index is 930. The molecule has 0 fully saturated rings. The van der Waals surface area contributed by atoms with Gasteiger partial charge in [-0.3, -0.25) is 9.48 Å². The first-order chi connectivity index (χ1) is 13.2. The number of Topliss-reactive ketones (excluding diaryl/α,β-unsaturated/α-hetero) is 1. The molecule has 1 atom stereocenters. The Hall–Kier alpha value is -2.90. The number of allylic oxidation sites excluding steroid dienone is 2. The Labute approximate surface area is 159 Å². The maximum absolute atomic E-state index is 13.5. The number of carbonyl (C=O) groups is 2. The van der Waals surface area contributed by atoms with Crippen LogP contribution in [0, 0.1) is 0 Å². The second-order valence-corrected chi connectivity index (χ2v) is 6.64. The van der Waals surface area contributed by atoms with Crippen LogP contribution in [0.1, 0.15) is 60.8 Å². The van der Waals surface area contributed by atoms with Crippen LogP contribution in [0.5, 0.6) is 0 Å². The van der Waals surface area contributed by atoms with Crippen molar-refractivity contribution in [2.45, 2.75) is 45.3 Å². The van der Waals surface area contributed by atoms with Crippen molar-refractivity contribution in [1.82, 2.24) is 9.78 Å². The van der Waals surface area contributed by atoms with Crippen LogP contribution in [0.2, 0.25) is 0 Å². The maximum Gasteiger partial charge on any atom is 0.420 e. The fourth-order valence-corrected chi connectivity index (χ4v) is 3.30. The van der Waals surface area contributed by atoms with Crippen molar-refractivity contribution in [1.29, 1.82) is 0 Å². The zero-order valence-corrected chi connectivity index (χ0v) is 15.4. The number of carbonyl (C=O) groups excluding carboxylic acids is 2. The molecular formula is C20H19F3N2O3. The zero-order chi connectivity index (χ0) is 20.5. The van der Waals surface area contributed by atoms with E-state index in [4.69, 9.17) is 4.74 Å². The monoisotopic (exact) mass is 392 g/mol. The van der Waals surface area contributed by atoms with E-state index in [2.05, 4.69) is 5.10 Å². The molecule has 0 saturated carbocycles. The van der Waals surface area contributed by atoms with Gasteiger partial charge in [-0.2, -0.15) is 18.3 Å². The average Bonchev–Trinajstić information content (AvgIpc) is 3.28. The van der Waals surface area contributed by atoms with Crippen molar-refractivity contribution < 1.29 is 27.5 Å². The molecule has 1 aromatic carbocycles. The molecule has 0 amide bonds. The maximum atomic E-state index is 13.5. The van der Waals surface area contributed by atoms with Gasteiger partial charge in [0, 0.05) is 12.0 Å². The van der Waals surface area contributed by atoms with Crippen LogP contribution in [0.25, 0.3) is 0 Å². The summed E-state index contributed by atoms with van der Waals surface area (Å²) in [4.78, 5) is 24.4. The summed E-state index contributed by atoms with van der Waals surface area (Å²) in [5.74, 6) is -1.27. The van der Waals surface area contributed by atoms with Crippen molar-refractivity contribution >= 4 is 11.8 Å². The third kappa shape index (κ3) is 3.85. The van der Waals surface area contributed by atoms with Gasteiger partial charge in [0.05, 0.1) is 12.2 Å². The largest absolute Gasteiger partial charge is 0.426 e. The second kappa shape index (κ2) is 7.61. The quantitative estimate of drug-likeness (QED) is 0.693. The summed E-state index contributed by atoms with van der Waals surface area (Å²) in [5, 5.41) is 3.82. The molecule has 0 bridgehead atoms. The lowest BCUT2D eigenvalue weighted by Crippen LogP contribution is -2.21. The van der Waals surface area contributed by atoms with Crippen LogP contribution in [-0.2, 0) is 15.7 Å². The van der Waals surface area contributed by atoms with E-state index in [0.717, 1.165) is 4.68 Å². The predicted molar refractivity (Wildman–Crippen MR) is 94.5 cm³/mol. The summed E-state index contributed by atoms with van der Waals surface area (Å²) in [6.45, 7) is 2.99. The van der Waals surface area contributed by atoms with Gasteiger partial charge in [-0.1, -0.05) is 30.3 Å². The highest BCUT2D eigenvalue weighted by Gasteiger charge is 2.40. The van der Waals surface area contributed by atoms with E-state index in [1.54, 1.807) is 37.3 Å². The number of nitrogens with zero attached hydrogens (tertiary/aromatic N) is 2. The number of hydrogen-bond donors (Lipinski definition) is 0. The molecule has 1 aromatic heterocycles. The minimum absolute atomic E-state index is 0.144. The minimum Gasteiger partial charge on any atom is -0.426 e. The molecule has 0 spiro atoms. The van der Waals surface area contributed by atoms with E-state index in [0.29, 0.717) is 36.6 Å². The van der Waals surface area contributed by atoms with Gasteiger partial charge in [-0.25, -0.2) is 4.79 Å². The van der Waals surface area contributed by atoms with E-state index < -0.39 is 29.4 Å². The van der Waals surface area contributed by atoms with E-state index >= 15 is 0 Å². The summed E-state index contributed by atoms with van der Waals surface area (Å²) in [5.41, 5.74) is -0.795. The highest BCUT2D eigenvalue weighted by Crippen LogP contribution is 2.35. The molecule has 0 aliphatic heterocycles. The van der Waals surface area contributed by atoms with Crippen molar-refractivity contribution in [3.63, 3.8) is 0 Å². The summed E-state index contributed by atoms with van der Waals surface area (Å²) in [7, 11) is 0. The molecule has 1 aliphatic rings. The van der Waals surface area contributed by atoms with Gasteiger partial charge in [0.25, 0.3) is 0 Å². The van der Waals surface area contributed by atoms with Gasteiger partial charge in [0.15, 0.2) is 11.5 Å². The van der Waals surface area contributed by atoms with Crippen molar-refractivity contribution in [2.24, 2.45) is 0 Å². The van der Waals surface area contributed by atoms with Crippen LogP contribution >= 0.6 is 0 Å². The lowest BCUT2D eigenvalue weighted by atomic mass is 10.1. The van der Waals surface area contributed by atoms with Gasteiger partial charge in [0.2, 0.25) is 0 Å². The summed E-state index contributed by atoms with van der Waals surface area (Å²) in [6, 6.07) is 8.14. The fourth-order valence-electron chi connectivity index (χ4n) is 3.30. The molecule has 5 nitrogen and oxygen atoms in total. The molecule has 8 heteroatoms. The van der Waals surface area contributed by atoms with Crippen molar-refractivity contribution in [3.8, 4) is 0 Å². The number of ether oxygens (including phenoxy) is 1. The Balaban J connectivity index is 2.03. The number of hydrogen-bond acceptors (Lipinski definition) is 4. The third-order valence-electron chi connectivity index (χ3n) is 4.75. The van der Waals surface area contributed by atoms with Crippen LogP contribution in [0.15, 0.2) is 47.9 Å². The smallest absolute Gasteiger partial charge is 0.420 e. The molecular weight excluding hydrogens is 373 g/mol. The number of aromatic nitrogens is 2. The first kappa shape index (κ1) is 19.9. The fraction of sp³-hybridized carbons (Fsp3) is 0.350. The molecule has 0 N–H and O–H groups in total.